The molecule has 1 aliphatic rings. The van der Waals surface area contributed by atoms with E-state index in [1.165, 1.54) is 0 Å². The number of benzene rings is 1. The van der Waals surface area contributed by atoms with Crippen LogP contribution in [0.4, 0.5) is 0 Å². The quantitative estimate of drug-likeness (QED) is 0.445. The zero-order valence-electron chi connectivity index (χ0n) is 15.8. The number of nitrogens with zero attached hydrogens (tertiary/aromatic N) is 3. The zero-order valence-corrected chi connectivity index (χ0v) is 17.3. The Morgan fingerprint density at radius 1 is 1.24 bits per heavy atom. The van der Waals surface area contributed by atoms with Gasteiger partial charge in [-0.2, -0.15) is 5.10 Å². The Kier molecular flexibility index (Phi) is 4.56. The lowest BCUT2D eigenvalue weighted by atomic mass is 9.85. The van der Waals surface area contributed by atoms with Crippen LogP contribution >= 0.6 is 15.9 Å². The molecule has 0 amide bonds. The van der Waals surface area contributed by atoms with Crippen LogP contribution in [0, 0.1) is 0 Å². The van der Waals surface area contributed by atoms with Gasteiger partial charge in [-0.25, -0.2) is 9.50 Å². The van der Waals surface area contributed by atoms with Crippen LogP contribution in [0.25, 0.3) is 16.8 Å². The minimum absolute atomic E-state index is 0.00167. The number of hydrogen-bond acceptors (Lipinski definition) is 5. The molecule has 1 atom stereocenters. The largest absolute Gasteiger partial charge is 0.469 e. The first-order chi connectivity index (χ1) is 14.2. The summed E-state index contributed by atoms with van der Waals surface area (Å²) < 4.78 is 13.8. The number of furan rings is 1. The predicted octanol–water partition coefficient (Wildman–Crippen LogP) is 4.81. The van der Waals surface area contributed by atoms with Crippen molar-refractivity contribution in [1.29, 1.82) is 0 Å². The Morgan fingerprint density at radius 2 is 2.07 bits per heavy atom. The van der Waals surface area contributed by atoms with Gasteiger partial charge in [-0.1, -0.05) is 28.1 Å². The number of halogens is 1. The molecule has 0 saturated heterocycles. The maximum Gasteiger partial charge on any atom is 0.167 e. The molecule has 0 bridgehead atoms. The van der Waals surface area contributed by atoms with E-state index in [4.69, 9.17) is 14.3 Å². The van der Waals surface area contributed by atoms with Crippen molar-refractivity contribution in [3.63, 3.8) is 0 Å². The van der Waals surface area contributed by atoms with Crippen LogP contribution in [0.3, 0.4) is 0 Å². The number of methoxy groups -OCH3 is 1. The Hall–Kier alpha value is -2.77. The Balaban J connectivity index is 1.70. The molecule has 5 rings (SSSR count). The third-order valence-electron chi connectivity index (χ3n) is 5.35. The second-order valence-corrected chi connectivity index (χ2v) is 8.08. The molecule has 0 aliphatic heterocycles. The highest BCUT2D eigenvalue weighted by molar-refractivity contribution is 9.10. The molecule has 0 N–H and O–H groups in total. The van der Waals surface area contributed by atoms with E-state index in [1.54, 1.807) is 19.6 Å². The minimum atomic E-state index is 0.00167. The molecule has 0 spiro atoms. The van der Waals surface area contributed by atoms with Gasteiger partial charge in [-0.3, -0.25) is 4.79 Å². The van der Waals surface area contributed by atoms with E-state index in [9.17, 15) is 4.79 Å². The third-order valence-corrected chi connectivity index (χ3v) is 5.88. The Bertz CT molecular complexity index is 1200. The van der Waals surface area contributed by atoms with Crippen LogP contribution in [-0.4, -0.2) is 27.5 Å². The molecular weight excluding hydrogens is 434 g/mol. The molecule has 6 nitrogen and oxygen atoms in total. The molecule has 4 aromatic rings. The highest BCUT2D eigenvalue weighted by Gasteiger charge is 2.31. The zero-order chi connectivity index (χ0) is 20.0. The number of fused-ring (bicyclic) bond motifs is 3. The second-order valence-electron chi connectivity index (χ2n) is 7.16. The van der Waals surface area contributed by atoms with Gasteiger partial charge < -0.3 is 9.15 Å². The van der Waals surface area contributed by atoms with Gasteiger partial charge in [0.25, 0.3) is 0 Å². The number of Topliss-reactive ketones (excluding diaryl/α,β-unsaturated/α-hetero) is 1. The summed E-state index contributed by atoms with van der Waals surface area (Å²) in [6.45, 7) is 0.360. The summed E-state index contributed by atoms with van der Waals surface area (Å²) in [5, 5.41) is 4.80. The van der Waals surface area contributed by atoms with E-state index in [0.717, 1.165) is 38.4 Å². The maximum atomic E-state index is 12.8. The first kappa shape index (κ1) is 18.3. The average molecular weight is 452 g/mol. The molecule has 29 heavy (non-hydrogen) atoms. The number of aromatic nitrogens is 3. The summed E-state index contributed by atoms with van der Waals surface area (Å²) in [7, 11) is 1.65. The summed E-state index contributed by atoms with van der Waals surface area (Å²) in [4.78, 5) is 17.4. The summed E-state index contributed by atoms with van der Waals surface area (Å²) in [5.74, 6) is 0.893. The van der Waals surface area contributed by atoms with E-state index < -0.39 is 0 Å². The lowest BCUT2D eigenvalue weighted by molar-refractivity contribution is 0.0958. The normalized spacial score (nSPS) is 16.3. The number of rotatable bonds is 4. The number of carbonyl (C=O) groups excluding carboxylic acids is 1. The van der Waals surface area contributed by atoms with Crippen LogP contribution in [0.5, 0.6) is 0 Å². The van der Waals surface area contributed by atoms with Crippen LogP contribution in [0.2, 0.25) is 0 Å². The van der Waals surface area contributed by atoms with Crippen LogP contribution in [0.1, 0.15) is 39.8 Å². The molecule has 7 heteroatoms. The number of carbonyl (C=O) groups is 1. The van der Waals surface area contributed by atoms with Crippen molar-refractivity contribution in [3.8, 4) is 11.1 Å². The first-order valence-corrected chi connectivity index (χ1v) is 10.2. The molecule has 0 unspecified atom stereocenters. The van der Waals surface area contributed by atoms with E-state index in [0.29, 0.717) is 25.0 Å². The van der Waals surface area contributed by atoms with Crippen LogP contribution < -0.4 is 0 Å². The van der Waals surface area contributed by atoms with E-state index in [-0.39, 0.29) is 11.7 Å². The first-order valence-electron chi connectivity index (χ1n) is 9.36. The lowest BCUT2D eigenvalue weighted by Crippen LogP contribution is -2.22. The molecule has 3 heterocycles. The van der Waals surface area contributed by atoms with Crippen molar-refractivity contribution in [1.82, 2.24) is 14.6 Å². The molecule has 0 fully saturated rings. The maximum absolute atomic E-state index is 12.8. The SMILES string of the molecule is COCc1nn2c3c(cnc2c1-c1ccc(Br)cc1)C(=O)C[C@H](c1ccco1)C3. The molecule has 1 aromatic carbocycles. The van der Waals surface area contributed by atoms with Gasteiger partial charge in [0, 0.05) is 36.5 Å². The van der Waals surface area contributed by atoms with Gasteiger partial charge >= 0.3 is 0 Å². The van der Waals surface area contributed by atoms with Gasteiger partial charge in [-0.15, -0.1) is 0 Å². The van der Waals surface area contributed by atoms with Gasteiger partial charge in [0.2, 0.25) is 0 Å². The van der Waals surface area contributed by atoms with Crippen LogP contribution in [0.15, 0.2) is 57.7 Å². The predicted molar refractivity (Wildman–Crippen MR) is 111 cm³/mol. The monoisotopic (exact) mass is 451 g/mol. The van der Waals surface area contributed by atoms with E-state index in [1.807, 2.05) is 40.9 Å². The highest BCUT2D eigenvalue weighted by atomic mass is 79.9. The van der Waals surface area contributed by atoms with Crippen molar-refractivity contribution in [3.05, 3.63) is 76.0 Å². The van der Waals surface area contributed by atoms with Crippen molar-refractivity contribution in [2.75, 3.05) is 7.11 Å². The minimum Gasteiger partial charge on any atom is -0.469 e. The van der Waals surface area contributed by atoms with Crippen molar-refractivity contribution in [2.24, 2.45) is 0 Å². The number of hydrogen-bond donors (Lipinski definition) is 0. The van der Waals surface area contributed by atoms with Crippen molar-refractivity contribution >= 4 is 27.4 Å². The number of ketones is 1. The smallest absolute Gasteiger partial charge is 0.167 e. The molecule has 1 aliphatic carbocycles. The van der Waals surface area contributed by atoms with Crippen LogP contribution in [-0.2, 0) is 17.8 Å². The average Bonchev–Trinajstić information content (AvgIpc) is 3.37. The van der Waals surface area contributed by atoms with Gasteiger partial charge in [-0.05, 0) is 29.8 Å². The Morgan fingerprint density at radius 3 is 2.79 bits per heavy atom. The van der Waals surface area contributed by atoms with Gasteiger partial charge in [0.05, 0.1) is 35.4 Å². The second kappa shape index (κ2) is 7.24. The summed E-state index contributed by atoms with van der Waals surface area (Å²) in [6, 6.07) is 11.8. The molecule has 0 saturated carbocycles. The summed E-state index contributed by atoms with van der Waals surface area (Å²) >= 11 is 3.48. The fourth-order valence-electron chi connectivity index (χ4n) is 4.02. The van der Waals surface area contributed by atoms with Crippen molar-refractivity contribution < 1.29 is 13.9 Å². The summed E-state index contributed by atoms with van der Waals surface area (Å²) in [6.07, 6.45) is 4.42. The molecule has 0 radical (unpaired) electrons. The molecule has 146 valence electrons. The van der Waals surface area contributed by atoms with Crippen molar-refractivity contribution in [2.45, 2.75) is 25.4 Å². The molecular formula is C22H18BrN3O3. The summed E-state index contributed by atoms with van der Waals surface area (Å²) in [5.41, 5.74) is 4.96. The fourth-order valence-corrected chi connectivity index (χ4v) is 4.28. The van der Waals surface area contributed by atoms with Gasteiger partial charge in [0.1, 0.15) is 5.76 Å². The highest BCUT2D eigenvalue weighted by Crippen LogP contribution is 2.36. The lowest BCUT2D eigenvalue weighted by Gasteiger charge is -2.22. The van der Waals surface area contributed by atoms with E-state index >= 15 is 0 Å². The fraction of sp³-hybridized carbons (Fsp3) is 0.227. The molecule has 3 aromatic heterocycles. The third kappa shape index (κ3) is 3.10. The van der Waals surface area contributed by atoms with E-state index in [2.05, 4.69) is 20.9 Å². The standard InChI is InChI=1S/C22H18BrN3O3/c1-28-12-17-21(13-4-6-15(23)7-5-13)22-24-11-16-18(26(22)25-17)9-14(10-19(16)27)20-3-2-8-29-20/h2-8,11,14H,9-10,12H2,1H3/t14-/m1/s1. The van der Waals surface area contributed by atoms with Gasteiger partial charge in [0.15, 0.2) is 11.4 Å². The number of ether oxygens (including phenoxy) is 1. The topological polar surface area (TPSA) is 69.6 Å². The Labute approximate surface area is 175 Å².